The molecule has 1 fully saturated rings. The summed E-state index contributed by atoms with van der Waals surface area (Å²) in [6.07, 6.45) is 4.74. The van der Waals surface area contributed by atoms with Gasteiger partial charge in [0.1, 0.15) is 0 Å². The first-order chi connectivity index (χ1) is 8.74. The fourth-order valence-corrected chi connectivity index (χ4v) is 2.85. The van der Waals surface area contributed by atoms with Crippen LogP contribution in [0, 0.1) is 5.92 Å². The molecule has 0 atom stereocenters. The summed E-state index contributed by atoms with van der Waals surface area (Å²) in [4.78, 5) is 13.2. The zero-order valence-electron chi connectivity index (χ0n) is 10.6. The van der Waals surface area contributed by atoms with E-state index < -0.39 is 5.97 Å². The molecule has 0 spiro atoms. The second kappa shape index (κ2) is 4.63. The first-order valence-corrected chi connectivity index (χ1v) is 6.81. The van der Waals surface area contributed by atoms with Crippen LogP contribution in [0.15, 0.2) is 18.2 Å². The molecule has 18 heavy (non-hydrogen) atoms. The van der Waals surface area contributed by atoms with Crippen LogP contribution in [0.1, 0.15) is 30.4 Å². The highest BCUT2D eigenvalue weighted by molar-refractivity contribution is 5.68. The molecular formula is C15H19NO2. The van der Waals surface area contributed by atoms with Crippen molar-refractivity contribution in [3.05, 3.63) is 29.3 Å². The van der Waals surface area contributed by atoms with E-state index in [-0.39, 0.29) is 6.42 Å². The van der Waals surface area contributed by atoms with Gasteiger partial charge in [-0.25, -0.2) is 0 Å². The minimum absolute atomic E-state index is 0.235. The van der Waals surface area contributed by atoms with Gasteiger partial charge in [0.2, 0.25) is 0 Å². The molecule has 3 heteroatoms. The quantitative estimate of drug-likeness (QED) is 0.866. The first kappa shape index (κ1) is 11.6. The topological polar surface area (TPSA) is 40.5 Å². The van der Waals surface area contributed by atoms with E-state index in [1.165, 1.54) is 36.2 Å². The molecule has 1 aromatic rings. The van der Waals surface area contributed by atoms with Gasteiger partial charge >= 0.3 is 5.97 Å². The number of hydrogen-bond donors (Lipinski definition) is 1. The van der Waals surface area contributed by atoms with Crippen LogP contribution in [0.4, 0.5) is 5.69 Å². The van der Waals surface area contributed by atoms with Crippen LogP contribution in [-0.2, 0) is 17.6 Å². The van der Waals surface area contributed by atoms with Crippen LogP contribution in [0.3, 0.4) is 0 Å². The maximum absolute atomic E-state index is 10.7. The molecule has 1 N–H and O–H groups in total. The Bertz CT molecular complexity index is 466. The summed E-state index contributed by atoms with van der Waals surface area (Å²) in [6.45, 7) is 2.30. The maximum Gasteiger partial charge on any atom is 0.303 e. The third kappa shape index (κ3) is 2.35. The molecule has 2 aliphatic rings. The molecule has 0 aromatic heterocycles. The number of carboxylic acid groups (broad SMARTS) is 1. The second-order valence-corrected chi connectivity index (χ2v) is 5.45. The monoisotopic (exact) mass is 245 g/mol. The molecule has 0 radical (unpaired) electrons. The summed E-state index contributed by atoms with van der Waals surface area (Å²) < 4.78 is 0. The van der Waals surface area contributed by atoms with Gasteiger partial charge in [-0.05, 0) is 48.8 Å². The Kier molecular flexibility index (Phi) is 2.98. The van der Waals surface area contributed by atoms with Crippen molar-refractivity contribution in [2.24, 2.45) is 5.92 Å². The molecule has 1 heterocycles. The maximum atomic E-state index is 10.7. The lowest BCUT2D eigenvalue weighted by molar-refractivity contribution is -0.136. The largest absolute Gasteiger partial charge is 0.481 e. The summed E-state index contributed by atoms with van der Waals surface area (Å²) in [5.74, 6) is 0.194. The van der Waals surface area contributed by atoms with E-state index in [2.05, 4.69) is 23.1 Å². The highest BCUT2D eigenvalue weighted by atomic mass is 16.4. The molecule has 3 nitrogen and oxygen atoms in total. The van der Waals surface area contributed by atoms with Gasteiger partial charge in [-0.15, -0.1) is 0 Å². The van der Waals surface area contributed by atoms with Crippen molar-refractivity contribution in [1.29, 1.82) is 0 Å². The predicted octanol–water partition coefficient (Wildman–Crippen LogP) is 2.48. The van der Waals surface area contributed by atoms with E-state index in [1.807, 2.05) is 0 Å². The van der Waals surface area contributed by atoms with Crippen LogP contribution in [0.2, 0.25) is 0 Å². The third-order valence-corrected chi connectivity index (χ3v) is 4.00. The highest BCUT2D eigenvalue weighted by Gasteiger charge is 2.28. The molecule has 1 saturated carbocycles. The summed E-state index contributed by atoms with van der Waals surface area (Å²) in [5.41, 5.74) is 3.97. The number of rotatable bonds is 5. The van der Waals surface area contributed by atoms with E-state index in [0.717, 1.165) is 18.9 Å². The van der Waals surface area contributed by atoms with Gasteiger partial charge < -0.3 is 10.0 Å². The minimum Gasteiger partial charge on any atom is -0.481 e. The molecule has 0 bridgehead atoms. The molecule has 0 unspecified atom stereocenters. The Morgan fingerprint density at radius 1 is 1.39 bits per heavy atom. The van der Waals surface area contributed by atoms with Crippen LogP contribution in [0.5, 0.6) is 0 Å². The fourth-order valence-electron chi connectivity index (χ4n) is 2.85. The zero-order chi connectivity index (χ0) is 12.5. The SMILES string of the molecule is O=C(O)CCc1cccc2c1CCN2CC1CC1. The van der Waals surface area contributed by atoms with Crippen molar-refractivity contribution in [1.82, 2.24) is 0 Å². The van der Waals surface area contributed by atoms with Crippen molar-refractivity contribution in [3.8, 4) is 0 Å². The van der Waals surface area contributed by atoms with Crippen molar-refractivity contribution < 1.29 is 9.90 Å². The van der Waals surface area contributed by atoms with Gasteiger partial charge in [0, 0.05) is 25.2 Å². The van der Waals surface area contributed by atoms with Gasteiger partial charge in [-0.1, -0.05) is 12.1 Å². The predicted molar refractivity (Wildman–Crippen MR) is 71.0 cm³/mol. The normalized spacial score (nSPS) is 17.9. The lowest BCUT2D eigenvalue weighted by Crippen LogP contribution is -2.22. The third-order valence-electron chi connectivity index (χ3n) is 4.00. The van der Waals surface area contributed by atoms with Crippen molar-refractivity contribution in [3.63, 3.8) is 0 Å². The number of aliphatic carboxylic acids is 1. The van der Waals surface area contributed by atoms with E-state index in [1.54, 1.807) is 0 Å². The van der Waals surface area contributed by atoms with Gasteiger partial charge in [-0.3, -0.25) is 4.79 Å². The van der Waals surface area contributed by atoms with Crippen molar-refractivity contribution in [2.75, 3.05) is 18.0 Å². The van der Waals surface area contributed by atoms with E-state index in [9.17, 15) is 4.79 Å². The van der Waals surface area contributed by atoms with Crippen molar-refractivity contribution in [2.45, 2.75) is 32.1 Å². The number of benzene rings is 1. The number of nitrogens with zero attached hydrogens (tertiary/aromatic N) is 1. The molecule has 96 valence electrons. The van der Waals surface area contributed by atoms with E-state index >= 15 is 0 Å². The smallest absolute Gasteiger partial charge is 0.303 e. The molecule has 1 aliphatic heterocycles. The Hall–Kier alpha value is -1.51. The Labute approximate surface area is 107 Å². The zero-order valence-corrected chi connectivity index (χ0v) is 10.6. The van der Waals surface area contributed by atoms with Gasteiger partial charge in [0.05, 0.1) is 0 Å². The van der Waals surface area contributed by atoms with Gasteiger partial charge in [0.25, 0.3) is 0 Å². The fraction of sp³-hybridized carbons (Fsp3) is 0.533. The van der Waals surface area contributed by atoms with Gasteiger partial charge in [0.15, 0.2) is 0 Å². The molecule has 0 saturated heterocycles. The Balaban J connectivity index is 1.77. The number of anilines is 1. The number of aryl methyl sites for hydroxylation is 1. The molecule has 1 aromatic carbocycles. The Morgan fingerprint density at radius 3 is 2.94 bits per heavy atom. The average molecular weight is 245 g/mol. The van der Waals surface area contributed by atoms with E-state index in [4.69, 9.17) is 5.11 Å². The van der Waals surface area contributed by atoms with Crippen LogP contribution in [0.25, 0.3) is 0 Å². The first-order valence-electron chi connectivity index (χ1n) is 6.81. The van der Waals surface area contributed by atoms with Crippen molar-refractivity contribution >= 4 is 11.7 Å². The molecule has 3 rings (SSSR count). The molecule has 1 aliphatic carbocycles. The number of fused-ring (bicyclic) bond motifs is 1. The van der Waals surface area contributed by atoms with Gasteiger partial charge in [-0.2, -0.15) is 0 Å². The summed E-state index contributed by atoms with van der Waals surface area (Å²) in [6, 6.07) is 6.35. The average Bonchev–Trinajstić information content (AvgIpc) is 3.07. The lowest BCUT2D eigenvalue weighted by Gasteiger charge is -2.19. The number of carbonyl (C=O) groups is 1. The van der Waals surface area contributed by atoms with E-state index in [0.29, 0.717) is 6.42 Å². The standard InChI is InChI=1S/C15H19NO2/c17-15(18)7-6-12-2-1-3-14-13(12)8-9-16(14)10-11-4-5-11/h1-3,11H,4-10H2,(H,17,18). The van der Waals surface area contributed by atoms with Crippen LogP contribution in [-0.4, -0.2) is 24.2 Å². The Morgan fingerprint density at radius 2 is 2.22 bits per heavy atom. The minimum atomic E-state index is -0.708. The second-order valence-electron chi connectivity index (χ2n) is 5.45. The molecular weight excluding hydrogens is 226 g/mol. The summed E-state index contributed by atoms with van der Waals surface area (Å²) in [7, 11) is 0. The summed E-state index contributed by atoms with van der Waals surface area (Å²) in [5, 5.41) is 8.79. The summed E-state index contributed by atoms with van der Waals surface area (Å²) >= 11 is 0. The molecule has 0 amide bonds. The van der Waals surface area contributed by atoms with Crippen LogP contribution < -0.4 is 4.90 Å². The lowest BCUT2D eigenvalue weighted by atomic mass is 10.0. The highest BCUT2D eigenvalue weighted by Crippen LogP contribution is 2.36. The van der Waals surface area contributed by atoms with Crippen LogP contribution >= 0.6 is 0 Å². The number of carboxylic acids is 1. The number of hydrogen-bond acceptors (Lipinski definition) is 2.